The highest BCUT2D eigenvalue weighted by Gasteiger charge is 2.13. The van der Waals surface area contributed by atoms with Crippen LogP contribution < -0.4 is 0 Å². The van der Waals surface area contributed by atoms with E-state index in [1.807, 2.05) is 30.3 Å². The Kier molecular flexibility index (Phi) is 3.82. The van der Waals surface area contributed by atoms with Crippen molar-refractivity contribution in [3.05, 3.63) is 47.9 Å². The first-order chi connectivity index (χ1) is 11.0. The fraction of sp³-hybridized carbons (Fsp3) is 0.294. The summed E-state index contributed by atoms with van der Waals surface area (Å²) < 4.78 is 1.70. The van der Waals surface area contributed by atoms with E-state index in [2.05, 4.69) is 29.1 Å². The third-order valence-electron chi connectivity index (χ3n) is 3.73. The van der Waals surface area contributed by atoms with Gasteiger partial charge in [-0.2, -0.15) is 9.61 Å². The maximum absolute atomic E-state index is 12.0. The molecular weight excluding hydrogens is 290 g/mol. The van der Waals surface area contributed by atoms with Crippen molar-refractivity contribution < 1.29 is 4.79 Å². The normalized spacial score (nSPS) is 11.2. The molecule has 1 aromatic carbocycles. The van der Waals surface area contributed by atoms with Crippen LogP contribution in [0.2, 0.25) is 0 Å². The third kappa shape index (κ3) is 2.79. The summed E-state index contributed by atoms with van der Waals surface area (Å²) in [6.07, 6.45) is 1.61. The standard InChI is InChI=1S/C17H19N5O/c1-11(2)15-9-14(16-19-18-10-22(16)20-15)12-5-7-13(8-6-12)17(23)21(3)4/h5-11H,1-4H3. The van der Waals surface area contributed by atoms with Crippen LogP contribution in [0.4, 0.5) is 0 Å². The van der Waals surface area contributed by atoms with E-state index < -0.39 is 0 Å². The van der Waals surface area contributed by atoms with Gasteiger partial charge in [0, 0.05) is 25.2 Å². The van der Waals surface area contributed by atoms with Crippen molar-refractivity contribution in [2.75, 3.05) is 14.1 Å². The number of amides is 1. The fourth-order valence-electron chi connectivity index (χ4n) is 2.39. The monoisotopic (exact) mass is 309 g/mol. The van der Waals surface area contributed by atoms with Crippen LogP contribution in [0.25, 0.3) is 16.8 Å². The van der Waals surface area contributed by atoms with Gasteiger partial charge in [0.1, 0.15) is 6.33 Å². The Morgan fingerprint density at radius 2 is 1.87 bits per heavy atom. The SMILES string of the molecule is CC(C)c1cc(-c2ccc(C(=O)N(C)C)cc2)c2nncn2n1. The van der Waals surface area contributed by atoms with Gasteiger partial charge in [0.05, 0.1) is 5.69 Å². The first-order valence-corrected chi connectivity index (χ1v) is 7.50. The summed E-state index contributed by atoms with van der Waals surface area (Å²) in [6, 6.07) is 9.58. The average molecular weight is 309 g/mol. The van der Waals surface area contributed by atoms with Gasteiger partial charge in [-0.25, -0.2) is 0 Å². The van der Waals surface area contributed by atoms with Gasteiger partial charge in [0.25, 0.3) is 5.91 Å². The van der Waals surface area contributed by atoms with Gasteiger partial charge < -0.3 is 4.90 Å². The first-order valence-electron chi connectivity index (χ1n) is 7.50. The lowest BCUT2D eigenvalue weighted by Crippen LogP contribution is -2.21. The molecule has 0 aliphatic rings. The second-order valence-electron chi connectivity index (χ2n) is 6.01. The number of hydrogen-bond acceptors (Lipinski definition) is 4. The minimum atomic E-state index is -0.0122. The van der Waals surface area contributed by atoms with Crippen LogP contribution in [-0.4, -0.2) is 44.7 Å². The van der Waals surface area contributed by atoms with Crippen molar-refractivity contribution in [2.24, 2.45) is 0 Å². The molecule has 0 aliphatic carbocycles. The minimum Gasteiger partial charge on any atom is -0.345 e. The Hall–Kier alpha value is -2.76. The van der Waals surface area contributed by atoms with E-state index in [0.717, 1.165) is 16.8 Å². The molecule has 3 rings (SSSR count). The molecule has 118 valence electrons. The summed E-state index contributed by atoms with van der Waals surface area (Å²) in [5, 5.41) is 12.6. The Balaban J connectivity index is 2.09. The summed E-state index contributed by atoms with van der Waals surface area (Å²) in [7, 11) is 3.49. The molecule has 0 bridgehead atoms. The molecular formula is C17H19N5O. The van der Waals surface area contributed by atoms with Crippen LogP contribution in [0, 0.1) is 0 Å². The number of rotatable bonds is 3. The van der Waals surface area contributed by atoms with Gasteiger partial charge in [0.2, 0.25) is 0 Å². The van der Waals surface area contributed by atoms with Crippen LogP contribution in [-0.2, 0) is 0 Å². The van der Waals surface area contributed by atoms with Crippen molar-refractivity contribution in [3.8, 4) is 11.1 Å². The van der Waals surface area contributed by atoms with E-state index in [-0.39, 0.29) is 5.91 Å². The molecule has 0 saturated carbocycles. The van der Waals surface area contributed by atoms with Gasteiger partial charge in [-0.3, -0.25) is 4.79 Å². The van der Waals surface area contributed by atoms with E-state index in [0.29, 0.717) is 17.1 Å². The molecule has 2 aromatic heterocycles. The summed E-state index contributed by atoms with van der Waals surface area (Å²) in [6.45, 7) is 4.20. The van der Waals surface area contributed by atoms with Crippen LogP contribution in [0.1, 0.15) is 35.8 Å². The Morgan fingerprint density at radius 1 is 1.17 bits per heavy atom. The van der Waals surface area contributed by atoms with Crippen LogP contribution in [0.5, 0.6) is 0 Å². The number of aromatic nitrogens is 4. The maximum atomic E-state index is 12.0. The minimum absolute atomic E-state index is 0.0122. The highest BCUT2D eigenvalue weighted by molar-refractivity contribution is 5.94. The summed E-state index contributed by atoms with van der Waals surface area (Å²) in [4.78, 5) is 13.6. The van der Waals surface area contributed by atoms with E-state index in [1.54, 1.807) is 29.8 Å². The number of carbonyl (C=O) groups excluding carboxylic acids is 1. The summed E-state index contributed by atoms with van der Waals surface area (Å²) in [5.41, 5.74) is 4.30. The molecule has 6 heteroatoms. The molecule has 0 atom stereocenters. The fourth-order valence-corrected chi connectivity index (χ4v) is 2.39. The molecule has 0 aliphatic heterocycles. The quantitative estimate of drug-likeness (QED) is 0.746. The average Bonchev–Trinajstić information content (AvgIpc) is 3.01. The largest absolute Gasteiger partial charge is 0.345 e. The van der Waals surface area contributed by atoms with Crippen molar-refractivity contribution in [1.29, 1.82) is 0 Å². The topological polar surface area (TPSA) is 63.4 Å². The number of fused-ring (bicyclic) bond motifs is 1. The number of hydrogen-bond donors (Lipinski definition) is 0. The summed E-state index contributed by atoms with van der Waals surface area (Å²) in [5.74, 6) is 0.289. The molecule has 0 unspecified atom stereocenters. The second-order valence-corrected chi connectivity index (χ2v) is 6.01. The molecule has 2 heterocycles. The maximum Gasteiger partial charge on any atom is 0.253 e. The molecule has 23 heavy (non-hydrogen) atoms. The molecule has 0 spiro atoms. The zero-order chi connectivity index (χ0) is 16.6. The number of benzene rings is 1. The van der Waals surface area contributed by atoms with E-state index in [4.69, 9.17) is 0 Å². The third-order valence-corrected chi connectivity index (χ3v) is 3.73. The molecule has 3 aromatic rings. The van der Waals surface area contributed by atoms with Gasteiger partial charge in [0.15, 0.2) is 5.65 Å². The van der Waals surface area contributed by atoms with Gasteiger partial charge in [-0.15, -0.1) is 10.2 Å². The number of nitrogens with zero attached hydrogens (tertiary/aromatic N) is 5. The van der Waals surface area contributed by atoms with Crippen LogP contribution >= 0.6 is 0 Å². The molecule has 0 N–H and O–H groups in total. The van der Waals surface area contributed by atoms with Crippen molar-refractivity contribution >= 4 is 11.6 Å². The lowest BCUT2D eigenvalue weighted by atomic mass is 10.0. The zero-order valence-corrected chi connectivity index (χ0v) is 13.7. The van der Waals surface area contributed by atoms with Gasteiger partial charge in [-0.05, 0) is 29.7 Å². The predicted molar refractivity (Wildman–Crippen MR) is 88.3 cm³/mol. The highest BCUT2D eigenvalue weighted by Crippen LogP contribution is 2.26. The van der Waals surface area contributed by atoms with Crippen molar-refractivity contribution in [1.82, 2.24) is 24.7 Å². The Morgan fingerprint density at radius 3 is 2.48 bits per heavy atom. The molecule has 0 radical (unpaired) electrons. The summed E-state index contributed by atoms with van der Waals surface area (Å²) >= 11 is 0. The van der Waals surface area contributed by atoms with Crippen molar-refractivity contribution in [2.45, 2.75) is 19.8 Å². The molecule has 1 amide bonds. The van der Waals surface area contributed by atoms with Crippen LogP contribution in [0.15, 0.2) is 36.7 Å². The Labute approximate surface area is 134 Å². The molecule has 0 fully saturated rings. The second kappa shape index (κ2) is 5.79. The molecule has 0 saturated heterocycles. The zero-order valence-electron chi connectivity index (χ0n) is 13.7. The molecule has 6 nitrogen and oxygen atoms in total. The van der Waals surface area contributed by atoms with Crippen LogP contribution in [0.3, 0.4) is 0 Å². The lowest BCUT2D eigenvalue weighted by molar-refractivity contribution is 0.0827. The predicted octanol–water partition coefficient (Wildman–Crippen LogP) is 2.62. The van der Waals surface area contributed by atoms with Gasteiger partial charge in [-0.1, -0.05) is 26.0 Å². The number of carbonyl (C=O) groups is 1. The van der Waals surface area contributed by atoms with E-state index >= 15 is 0 Å². The van der Waals surface area contributed by atoms with Crippen molar-refractivity contribution in [3.63, 3.8) is 0 Å². The van der Waals surface area contributed by atoms with E-state index in [1.165, 1.54) is 0 Å². The van der Waals surface area contributed by atoms with E-state index in [9.17, 15) is 4.79 Å². The highest BCUT2D eigenvalue weighted by atomic mass is 16.2. The van der Waals surface area contributed by atoms with Gasteiger partial charge >= 0.3 is 0 Å². The smallest absolute Gasteiger partial charge is 0.253 e. The first kappa shape index (κ1) is 15.1. The lowest BCUT2D eigenvalue weighted by Gasteiger charge is -2.12. The Bertz CT molecular complexity index is 849.